The molecule has 0 aromatic heterocycles. The van der Waals surface area contributed by atoms with Gasteiger partial charge in [0.15, 0.2) is 0 Å². The van der Waals surface area contributed by atoms with Gasteiger partial charge in [-0.15, -0.1) is 0 Å². The van der Waals surface area contributed by atoms with Gasteiger partial charge in [-0.3, -0.25) is 54.3 Å². The highest BCUT2D eigenvalue weighted by Crippen LogP contribution is 2.08. The van der Waals surface area contributed by atoms with Gasteiger partial charge < -0.3 is 53.4 Å². The number of nitrogens with one attached hydrogen (secondary N) is 7. The van der Waals surface area contributed by atoms with Crippen LogP contribution in [0.25, 0.3) is 0 Å². The zero-order valence-corrected chi connectivity index (χ0v) is 30.0. The molecule has 1 aromatic carbocycles. The molecule has 0 bridgehead atoms. The number of amides is 7. The van der Waals surface area contributed by atoms with E-state index in [2.05, 4.69) is 31.9 Å². The van der Waals surface area contributed by atoms with Gasteiger partial charge in [0.1, 0.15) is 24.2 Å². The molecule has 0 aliphatic carbocycles. The first-order valence-electron chi connectivity index (χ1n) is 17.4. The number of hydrogen-bond donors (Lipinski definition) is 13. The summed E-state index contributed by atoms with van der Waals surface area (Å²) < 4.78 is 0. The molecule has 3 unspecified atom stereocenters. The Bertz CT molecular complexity index is 1530. The third-order valence-electron chi connectivity index (χ3n) is 8.49. The van der Waals surface area contributed by atoms with Crippen molar-refractivity contribution < 1.29 is 58.5 Å². The van der Waals surface area contributed by atoms with Crippen LogP contribution in [0.15, 0.2) is 30.3 Å². The average Bonchev–Trinajstić information content (AvgIpc) is 3.16. The molecule has 1 aromatic rings. The Morgan fingerprint density at radius 1 is 0.745 bits per heavy atom. The van der Waals surface area contributed by atoms with Crippen LogP contribution in [0.2, 0.25) is 0 Å². The smallest absolute Gasteiger partial charge is 0.245 e. The van der Waals surface area contributed by atoms with Crippen LogP contribution >= 0.6 is 0 Å². The van der Waals surface area contributed by atoms with Crippen LogP contribution in [-0.4, -0.2) is 137 Å². The standard InChI is InChI=1S/C33H50N10O12/c34-25(47)13-20(43-36)27(49)28(50)22(14-44)38-19-9-10-26(48)37-11-5-4-8-18(29(35)51)39-31(53)21(12-17-6-2-1-3-7-17)40-32(54)23(15-45)42-33(55)24(16-46)41-30(19)52/h1-3,6-7,18-24,38,43-46H,4-5,8-16,36H2,(H2,34,47)(H2,35,51)(H,37,48)(H,39,53)(H,40,54)(H,41,52)(H,42,55)/t18?,19?,20-,21-,22-,23?,24-/m0/s1. The lowest BCUT2D eigenvalue weighted by atomic mass is 9.99. The first-order chi connectivity index (χ1) is 26.1. The van der Waals surface area contributed by atoms with Gasteiger partial charge in [0, 0.05) is 19.4 Å². The largest absolute Gasteiger partial charge is 0.394 e. The number of nitrogens with two attached hydrogens (primary N) is 3. The van der Waals surface area contributed by atoms with Gasteiger partial charge in [-0.25, -0.2) is 5.43 Å². The molecule has 16 N–H and O–H groups in total. The highest BCUT2D eigenvalue weighted by molar-refractivity contribution is 6.41. The number of rotatable bonds is 14. The van der Waals surface area contributed by atoms with E-state index in [1.165, 1.54) is 0 Å². The molecule has 0 spiro atoms. The quantitative estimate of drug-likeness (QED) is 0.0474. The van der Waals surface area contributed by atoms with Crippen molar-refractivity contribution in [1.29, 1.82) is 0 Å². The Labute approximate surface area is 315 Å². The van der Waals surface area contributed by atoms with E-state index in [1.54, 1.807) is 30.3 Å². The predicted octanol–water partition coefficient (Wildman–Crippen LogP) is -7.12. The van der Waals surface area contributed by atoms with Crippen LogP contribution in [0.3, 0.4) is 0 Å². The maximum absolute atomic E-state index is 13.5. The van der Waals surface area contributed by atoms with E-state index in [4.69, 9.17) is 17.3 Å². The third kappa shape index (κ3) is 15.1. The first-order valence-corrected chi connectivity index (χ1v) is 17.4. The topological polar surface area (TPSA) is 377 Å². The van der Waals surface area contributed by atoms with Crippen molar-refractivity contribution in [3.05, 3.63) is 35.9 Å². The number of carbonyl (C=O) groups excluding carboxylic acids is 9. The van der Waals surface area contributed by atoms with Crippen molar-refractivity contribution >= 4 is 52.9 Å². The van der Waals surface area contributed by atoms with Crippen LogP contribution in [0, 0.1) is 0 Å². The van der Waals surface area contributed by atoms with Crippen LogP contribution in [0.5, 0.6) is 0 Å². The number of hydrazine groups is 1. The summed E-state index contributed by atoms with van der Waals surface area (Å²) in [5.41, 5.74) is 13.2. The summed E-state index contributed by atoms with van der Waals surface area (Å²) in [6.45, 7) is -3.03. The number of aliphatic hydroxyl groups is 3. The lowest BCUT2D eigenvalue weighted by molar-refractivity contribution is -0.140. The van der Waals surface area contributed by atoms with Gasteiger partial charge in [-0.2, -0.15) is 0 Å². The molecule has 2 rings (SSSR count). The number of hydrogen-bond acceptors (Lipinski definition) is 15. The molecule has 1 heterocycles. The van der Waals surface area contributed by atoms with Gasteiger partial charge in [-0.05, 0) is 31.2 Å². The van der Waals surface area contributed by atoms with Crippen molar-refractivity contribution in [1.82, 2.24) is 37.3 Å². The molecule has 55 heavy (non-hydrogen) atoms. The fraction of sp³-hybridized carbons (Fsp3) is 0.545. The minimum absolute atomic E-state index is 0.0578. The minimum Gasteiger partial charge on any atom is -0.394 e. The summed E-state index contributed by atoms with van der Waals surface area (Å²) in [4.78, 5) is 116. The van der Waals surface area contributed by atoms with Gasteiger partial charge >= 0.3 is 0 Å². The molecule has 7 atom stereocenters. The summed E-state index contributed by atoms with van der Waals surface area (Å²) >= 11 is 0. The Morgan fingerprint density at radius 3 is 1.85 bits per heavy atom. The average molecular weight is 779 g/mol. The number of primary amides is 2. The molecule has 22 nitrogen and oxygen atoms in total. The van der Waals surface area contributed by atoms with Gasteiger partial charge in [0.05, 0.1) is 44.4 Å². The fourth-order valence-electron chi connectivity index (χ4n) is 5.40. The van der Waals surface area contributed by atoms with Gasteiger partial charge in [-0.1, -0.05) is 30.3 Å². The predicted molar refractivity (Wildman–Crippen MR) is 190 cm³/mol. The molecule has 1 aliphatic rings. The maximum atomic E-state index is 13.5. The van der Waals surface area contributed by atoms with Gasteiger partial charge in [0.25, 0.3) is 0 Å². The normalized spacial score (nSPS) is 23.6. The molecule has 0 saturated carbocycles. The summed E-state index contributed by atoms with van der Waals surface area (Å²) in [7, 11) is 0. The number of Topliss-reactive ketones (excluding diaryl/α,β-unsaturated/α-hetero) is 2. The number of ketones is 2. The van der Waals surface area contributed by atoms with E-state index in [9.17, 15) is 58.5 Å². The van der Waals surface area contributed by atoms with E-state index in [1.807, 2.05) is 5.43 Å². The van der Waals surface area contributed by atoms with E-state index >= 15 is 0 Å². The second-order valence-electron chi connectivity index (χ2n) is 12.7. The summed E-state index contributed by atoms with van der Waals surface area (Å²) in [6.07, 6.45) is -0.868. The number of benzene rings is 1. The van der Waals surface area contributed by atoms with Crippen molar-refractivity contribution in [2.75, 3.05) is 26.4 Å². The van der Waals surface area contributed by atoms with E-state index in [0.29, 0.717) is 18.4 Å². The third-order valence-corrected chi connectivity index (χ3v) is 8.49. The summed E-state index contributed by atoms with van der Waals surface area (Å²) in [5, 5.41) is 44.5. The Hall–Kier alpha value is -5.39. The molecule has 1 fully saturated rings. The SMILES string of the molecule is NN[C@@H](CC(N)=O)C(=O)C(=O)[C@H](CO)NC1CCC(=O)NCCCCC(C(N)=O)NC(=O)[C@H](Cc2ccccc2)NC(=O)C(CO)NC(=O)[C@H](CO)NC1=O. The van der Waals surface area contributed by atoms with Crippen LogP contribution in [0.4, 0.5) is 0 Å². The Kier molecular flexibility index (Phi) is 19.5. The Morgan fingerprint density at radius 2 is 1.31 bits per heavy atom. The monoisotopic (exact) mass is 778 g/mol. The maximum Gasteiger partial charge on any atom is 0.245 e. The van der Waals surface area contributed by atoms with Crippen molar-refractivity contribution in [2.45, 2.75) is 87.2 Å². The van der Waals surface area contributed by atoms with E-state index in [-0.39, 0.29) is 25.8 Å². The van der Waals surface area contributed by atoms with Crippen LogP contribution in [-0.2, 0) is 49.6 Å². The molecule has 1 aliphatic heterocycles. The summed E-state index contributed by atoms with van der Waals surface area (Å²) in [6, 6.07) is -2.50. The molecule has 304 valence electrons. The first kappa shape index (κ1) is 45.8. The molecule has 0 radical (unpaired) electrons. The summed E-state index contributed by atoms with van der Waals surface area (Å²) in [5.74, 6) is -3.85. The van der Waals surface area contributed by atoms with Crippen molar-refractivity contribution in [2.24, 2.45) is 17.3 Å². The highest BCUT2D eigenvalue weighted by Gasteiger charge is 2.36. The molecular formula is C33H50N10O12. The molecule has 7 amide bonds. The van der Waals surface area contributed by atoms with Crippen LogP contribution < -0.4 is 54.6 Å². The van der Waals surface area contributed by atoms with E-state index in [0.717, 1.165) is 0 Å². The van der Waals surface area contributed by atoms with Crippen molar-refractivity contribution in [3.63, 3.8) is 0 Å². The second-order valence-corrected chi connectivity index (χ2v) is 12.7. The molecular weight excluding hydrogens is 728 g/mol. The zero-order chi connectivity index (χ0) is 41.1. The van der Waals surface area contributed by atoms with Crippen molar-refractivity contribution in [3.8, 4) is 0 Å². The lowest BCUT2D eigenvalue weighted by Gasteiger charge is -2.27. The number of carbonyl (C=O) groups is 9. The number of aliphatic hydroxyl groups excluding tert-OH is 3. The fourth-order valence-corrected chi connectivity index (χ4v) is 5.40. The highest BCUT2D eigenvalue weighted by atomic mass is 16.3. The zero-order valence-electron chi connectivity index (χ0n) is 30.0. The second kappa shape index (κ2) is 23.4. The molecule has 1 saturated heterocycles. The van der Waals surface area contributed by atoms with Gasteiger partial charge in [0.2, 0.25) is 52.9 Å². The van der Waals surface area contributed by atoms with Crippen LogP contribution in [0.1, 0.15) is 44.1 Å². The Balaban J connectivity index is 2.42. The lowest BCUT2D eigenvalue weighted by Crippen LogP contribution is -2.61. The van der Waals surface area contributed by atoms with E-state index < -0.39 is 128 Å². The minimum atomic E-state index is -1.80. The molecule has 22 heteroatoms.